The average molecular weight is 213 g/mol. The SMILES string of the molecule is COC(=O)C(C)=CCN1CCOC(C)C1. The second-order valence-electron chi connectivity index (χ2n) is 3.82. The Hall–Kier alpha value is -0.870. The van der Waals surface area contributed by atoms with E-state index in [9.17, 15) is 4.79 Å². The maximum Gasteiger partial charge on any atom is 0.333 e. The van der Waals surface area contributed by atoms with Crippen LogP contribution in [0.4, 0.5) is 0 Å². The molecule has 4 nitrogen and oxygen atoms in total. The van der Waals surface area contributed by atoms with Crippen molar-refractivity contribution in [3.63, 3.8) is 0 Å². The maximum absolute atomic E-state index is 11.1. The van der Waals surface area contributed by atoms with Crippen molar-refractivity contribution in [1.82, 2.24) is 4.90 Å². The first-order valence-electron chi connectivity index (χ1n) is 5.22. The molecule has 0 spiro atoms. The summed E-state index contributed by atoms with van der Waals surface area (Å²) in [7, 11) is 1.40. The van der Waals surface area contributed by atoms with Crippen LogP contribution in [0.3, 0.4) is 0 Å². The molecular formula is C11H19NO3. The molecule has 0 aliphatic carbocycles. The van der Waals surface area contributed by atoms with Gasteiger partial charge in [0.05, 0.1) is 19.8 Å². The molecule has 15 heavy (non-hydrogen) atoms. The largest absolute Gasteiger partial charge is 0.466 e. The van der Waals surface area contributed by atoms with Crippen LogP contribution in [0.1, 0.15) is 13.8 Å². The summed E-state index contributed by atoms with van der Waals surface area (Å²) in [6, 6.07) is 0. The zero-order chi connectivity index (χ0) is 11.3. The minimum absolute atomic E-state index is 0.253. The first-order valence-corrected chi connectivity index (χ1v) is 5.22. The number of morpholine rings is 1. The summed E-state index contributed by atoms with van der Waals surface area (Å²) in [6.45, 7) is 7.24. The van der Waals surface area contributed by atoms with E-state index in [4.69, 9.17) is 4.74 Å². The Labute approximate surface area is 90.8 Å². The molecule has 0 aromatic rings. The van der Waals surface area contributed by atoms with Crippen LogP contribution in [-0.4, -0.2) is 50.3 Å². The zero-order valence-corrected chi connectivity index (χ0v) is 9.66. The van der Waals surface area contributed by atoms with Gasteiger partial charge in [-0.05, 0) is 13.8 Å². The second-order valence-corrected chi connectivity index (χ2v) is 3.82. The van der Waals surface area contributed by atoms with Gasteiger partial charge in [-0.15, -0.1) is 0 Å². The lowest BCUT2D eigenvalue weighted by molar-refractivity contribution is -0.136. The number of rotatable bonds is 3. The van der Waals surface area contributed by atoms with Crippen molar-refractivity contribution >= 4 is 5.97 Å². The molecule has 1 saturated heterocycles. The topological polar surface area (TPSA) is 38.8 Å². The average Bonchev–Trinajstić information content (AvgIpc) is 2.25. The first kappa shape index (κ1) is 12.2. The highest BCUT2D eigenvalue weighted by Crippen LogP contribution is 2.05. The normalized spacial score (nSPS) is 23.9. The van der Waals surface area contributed by atoms with Crippen LogP contribution in [0, 0.1) is 0 Å². The molecule has 86 valence electrons. The van der Waals surface area contributed by atoms with Gasteiger partial charge in [0, 0.05) is 25.2 Å². The van der Waals surface area contributed by atoms with E-state index in [1.165, 1.54) is 7.11 Å². The molecule has 0 N–H and O–H groups in total. The molecule has 1 heterocycles. The minimum Gasteiger partial charge on any atom is -0.466 e. The van der Waals surface area contributed by atoms with E-state index >= 15 is 0 Å². The van der Waals surface area contributed by atoms with Gasteiger partial charge in [-0.1, -0.05) is 6.08 Å². The highest BCUT2D eigenvalue weighted by atomic mass is 16.5. The number of carbonyl (C=O) groups is 1. The van der Waals surface area contributed by atoms with Gasteiger partial charge in [-0.2, -0.15) is 0 Å². The van der Waals surface area contributed by atoms with E-state index < -0.39 is 0 Å². The Balaban J connectivity index is 2.38. The predicted octanol–water partition coefficient (Wildman–Crippen LogP) is 0.826. The third-order valence-electron chi connectivity index (χ3n) is 2.49. The predicted molar refractivity (Wildman–Crippen MR) is 57.6 cm³/mol. The molecule has 0 aromatic heterocycles. The first-order chi connectivity index (χ1) is 7.13. The number of carbonyl (C=O) groups excluding carboxylic acids is 1. The Kier molecular flexibility index (Phi) is 4.78. The monoisotopic (exact) mass is 213 g/mol. The van der Waals surface area contributed by atoms with Crippen LogP contribution >= 0.6 is 0 Å². The van der Waals surface area contributed by atoms with Gasteiger partial charge in [-0.25, -0.2) is 4.79 Å². The summed E-state index contributed by atoms with van der Waals surface area (Å²) in [6.07, 6.45) is 2.19. The number of hydrogen-bond acceptors (Lipinski definition) is 4. The third-order valence-corrected chi connectivity index (χ3v) is 2.49. The van der Waals surface area contributed by atoms with Crippen molar-refractivity contribution < 1.29 is 14.3 Å². The quantitative estimate of drug-likeness (QED) is 0.514. The zero-order valence-electron chi connectivity index (χ0n) is 9.66. The van der Waals surface area contributed by atoms with E-state index in [0.29, 0.717) is 5.57 Å². The standard InChI is InChI=1S/C11H19NO3/c1-9(11(13)14-3)4-5-12-6-7-15-10(2)8-12/h4,10H,5-8H2,1-3H3. The Morgan fingerprint density at radius 3 is 3.00 bits per heavy atom. The smallest absolute Gasteiger partial charge is 0.333 e. The number of hydrogen-bond donors (Lipinski definition) is 0. The minimum atomic E-state index is -0.253. The fraction of sp³-hybridized carbons (Fsp3) is 0.727. The Bertz CT molecular complexity index is 250. The molecule has 1 fully saturated rings. The summed E-state index contributed by atoms with van der Waals surface area (Å²) < 4.78 is 10.1. The lowest BCUT2D eigenvalue weighted by Gasteiger charge is -2.30. The van der Waals surface area contributed by atoms with Crippen LogP contribution in [0.25, 0.3) is 0 Å². The lowest BCUT2D eigenvalue weighted by Crippen LogP contribution is -2.41. The molecule has 1 aliphatic rings. The maximum atomic E-state index is 11.1. The van der Waals surface area contributed by atoms with E-state index in [0.717, 1.165) is 26.2 Å². The molecule has 1 unspecified atom stereocenters. The Morgan fingerprint density at radius 2 is 2.40 bits per heavy atom. The third kappa shape index (κ3) is 4.01. The highest BCUT2D eigenvalue weighted by Gasteiger charge is 2.15. The molecule has 1 atom stereocenters. The number of esters is 1. The van der Waals surface area contributed by atoms with Crippen molar-refractivity contribution in [1.29, 1.82) is 0 Å². The molecular weight excluding hydrogens is 194 g/mol. The van der Waals surface area contributed by atoms with Gasteiger partial charge in [0.25, 0.3) is 0 Å². The highest BCUT2D eigenvalue weighted by molar-refractivity contribution is 5.87. The van der Waals surface area contributed by atoms with Crippen LogP contribution in [-0.2, 0) is 14.3 Å². The fourth-order valence-electron chi connectivity index (χ4n) is 1.57. The van der Waals surface area contributed by atoms with Gasteiger partial charge in [-0.3, -0.25) is 4.90 Å². The molecule has 0 amide bonds. The van der Waals surface area contributed by atoms with Gasteiger partial charge < -0.3 is 9.47 Å². The van der Waals surface area contributed by atoms with Crippen molar-refractivity contribution in [2.45, 2.75) is 20.0 Å². The van der Waals surface area contributed by atoms with Gasteiger partial charge in [0.2, 0.25) is 0 Å². The molecule has 0 saturated carbocycles. The van der Waals surface area contributed by atoms with Gasteiger partial charge in [0.15, 0.2) is 0 Å². The molecule has 0 aromatic carbocycles. The summed E-state index contributed by atoms with van der Waals surface area (Å²) in [5.41, 5.74) is 0.664. The van der Waals surface area contributed by atoms with Crippen molar-refractivity contribution in [3.8, 4) is 0 Å². The van der Waals surface area contributed by atoms with E-state index in [1.54, 1.807) is 6.92 Å². The summed E-state index contributed by atoms with van der Waals surface area (Å²) in [5.74, 6) is -0.253. The second kappa shape index (κ2) is 5.88. The van der Waals surface area contributed by atoms with E-state index in [2.05, 4.69) is 16.6 Å². The van der Waals surface area contributed by atoms with Crippen LogP contribution < -0.4 is 0 Å². The van der Waals surface area contributed by atoms with E-state index in [-0.39, 0.29) is 12.1 Å². The van der Waals surface area contributed by atoms with Crippen molar-refractivity contribution in [3.05, 3.63) is 11.6 Å². The van der Waals surface area contributed by atoms with Crippen LogP contribution in [0.2, 0.25) is 0 Å². The van der Waals surface area contributed by atoms with Crippen molar-refractivity contribution in [2.24, 2.45) is 0 Å². The molecule has 4 heteroatoms. The molecule has 0 radical (unpaired) electrons. The summed E-state index contributed by atoms with van der Waals surface area (Å²) >= 11 is 0. The van der Waals surface area contributed by atoms with Crippen LogP contribution in [0.15, 0.2) is 11.6 Å². The number of nitrogens with zero attached hydrogens (tertiary/aromatic N) is 1. The number of methoxy groups -OCH3 is 1. The van der Waals surface area contributed by atoms with Crippen molar-refractivity contribution in [2.75, 3.05) is 33.4 Å². The van der Waals surface area contributed by atoms with Crippen LogP contribution in [0.5, 0.6) is 0 Å². The molecule has 0 bridgehead atoms. The Morgan fingerprint density at radius 1 is 1.67 bits per heavy atom. The lowest BCUT2D eigenvalue weighted by atomic mass is 10.2. The fourth-order valence-corrected chi connectivity index (χ4v) is 1.57. The van der Waals surface area contributed by atoms with Gasteiger partial charge >= 0.3 is 5.97 Å². The summed E-state index contributed by atoms with van der Waals surface area (Å²) in [4.78, 5) is 13.4. The number of ether oxygens (including phenoxy) is 2. The molecule has 1 aliphatic heterocycles. The van der Waals surface area contributed by atoms with E-state index in [1.807, 2.05) is 6.08 Å². The van der Waals surface area contributed by atoms with Gasteiger partial charge in [0.1, 0.15) is 0 Å². The summed E-state index contributed by atoms with van der Waals surface area (Å²) in [5, 5.41) is 0. The molecule has 1 rings (SSSR count).